The van der Waals surface area contributed by atoms with Gasteiger partial charge in [0.25, 0.3) is 5.92 Å². The van der Waals surface area contributed by atoms with Gasteiger partial charge in [0.15, 0.2) is 0 Å². The van der Waals surface area contributed by atoms with E-state index in [-0.39, 0.29) is 5.56 Å². The number of anilines is 1. The van der Waals surface area contributed by atoms with Crippen molar-refractivity contribution in [1.29, 1.82) is 0 Å². The SMILES string of the molecule is CN(C)c1cccc(C(F)(F)CC(=O)O)c1. The Kier molecular flexibility index (Phi) is 3.47. The third-order valence-corrected chi connectivity index (χ3v) is 2.16. The fourth-order valence-corrected chi connectivity index (χ4v) is 1.30. The van der Waals surface area contributed by atoms with Crippen molar-refractivity contribution in [2.45, 2.75) is 12.3 Å². The first-order valence-corrected chi connectivity index (χ1v) is 4.70. The minimum atomic E-state index is -3.34. The summed E-state index contributed by atoms with van der Waals surface area (Å²) < 4.78 is 26.9. The predicted octanol–water partition coefficient (Wildman–Crippen LogP) is 2.32. The molecule has 0 aromatic heterocycles. The summed E-state index contributed by atoms with van der Waals surface area (Å²) in [4.78, 5) is 12.0. The van der Waals surface area contributed by atoms with Crippen LogP contribution >= 0.6 is 0 Å². The lowest BCUT2D eigenvalue weighted by molar-refractivity contribution is -0.145. The number of hydrogen-bond donors (Lipinski definition) is 1. The Balaban J connectivity index is 3.03. The number of alkyl halides is 2. The first kappa shape index (κ1) is 12.4. The Bertz CT molecular complexity index is 391. The van der Waals surface area contributed by atoms with Gasteiger partial charge in [0, 0.05) is 25.3 Å². The van der Waals surface area contributed by atoms with Gasteiger partial charge in [-0.05, 0) is 12.1 Å². The Morgan fingerprint density at radius 1 is 1.44 bits per heavy atom. The van der Waals surface area contributed by atoms with Crippen molar-refractivity contribution in [3.8, 4) is 0 Å². The molecule has 0 aliphatic heterocycles. The molecule has 1 rings (SSSR count). The number of aliphatic carboxylic acids is 1. The monoisotopic (exact) mass is 229 g/mol. The zero-order valence-corrected chi connectivity index (χ0v) is 9.08. The molecule has 0 radical (unpaired) electrons. The molecule has 0 atom stereocenters. The molecule has 16 heavy (non-hydrogen) atoms. The van der Waals surface area contributed by atoms with Crippen molar-refractivity contribution < 1.29 is 18.7 Å². The fourth-order valence-electron chi connectivity index (χ4n) is 1.30. The second kappa shape index (κ2) is 4.47. The largest absolute Gasteiger partial charge is 0.481 e. The van der Waals surface area contributed by atoms with Crippen molar-refractivity contribution in [1.82, 2.24) is 0 Å². The average molecular weight is 229 g/mol. The molecule has 0 aliphatic rings. The van der Waals surface area contributed by atoms with Crippen LogP contribution in [-0.4, -0.2) is 25.2 Å². The lowest BCUT2D eigenvalue weighted by Crippen LogP contribution is -2.19. The van der Waals surface area contributed by atoms with Crippen molar-refractivity contribution in [3.63, 3.8) is 0 Å². The van der Waals surface area contributed by atoms with Gasteiger partial charge in [0.1, 0.15) is 6.42 Å². The Morgan fingerprint density at radius 3 is 2.56 bits per heavy atom. The number of carboxylic acids is 1. The lowest BCUT2D eigenvalue weighted by atomic mass is 10.0. The van der Waals surface area contributed by atoms with Crippen molar-refractivity contribution >= 4 is 11.7 Å². The molecular formula is C11H13F2NO2. The van der Waals surface area contributed by atoms with Crippen LogP contribution in [0.25, 0.3) is 0 Å². The molecule has 0 fully saturated rings. The van der Waals surface area contributed by atoms with Crippen LogP contribution in [0.5, 0.6) is 0 Å². The summed E-state index contributed by atoms with van der Waals surface area (Å²) in [6.07, 6.45) is -1.19. The third kappa shape index (κ3) is 2.92. The van der Waals surface area contributed by atoms with Gasteiger partial charge in [0.05, 0.1) is 0 Å². The van der Waals surface area contributed by atoms with Gasteiger partial charge in [-0.3, -0.25) is 4.79 Å². The number of benzene rings is 1. The second-order valence-corrected chi connectivity index (χ2v) is 3.72. The molecule has 5 heteroatoms. The maximum absolute atomic E-state index is 13.5. The van der Waals surface area contributed by atoms with E-state index in [1.807, 2.05) is 0 Å². The van der Waals surface area contributed by atoms with Crippen LogP contribution in [0, 0.1) is 0 Å². The highest BCUT2D eigenvalue weighted by Crippen LogP contribution is 2.33. The average Bonchev–Trinajstić information content (AvgIpc) is 2.16. The summed E-state index contributed by atoms with van der Waals surface area (Å²) in [7, 11) is 3.46. The van der Waals surface area contributed by atoms with Gasteiger partial charge in [-0.25, -0.2) is 8.78 Å². The Labute approximate surface area is 92.3 Å². The van der Waals surface area contributed by atoms with Gasteiger partial charge < -0.3 is 10.0 Å². The van der Waals surface area contributed by atoms with Crippen LogP contribution in [0.4, 0.5) is 14.5 Å². The van der Waals surface area contributed by atoms with Crippen LogP contribution < -0.4 is 4.90 Å². The molecule has 0 heterocycles. The highest BCUT2D eigenvalue weighted by Gasteiger charge is 2.34. The lowest BCUT2D eigenvalue weighted by Gasteiger charge is -2.18. The standard InChI is InChI=1S/C11H13F2NO2/c1-14(2)9-5-3-4-8(6-9)11(12,13)7-10(15)16/h3-6H,7H2,1-2H3,(H,15,16). The molecule has 1 aromatic rings. The molecule has 0 aliphatic carbocycles. The summed E-state index contributed by atoms with van der Waals surface area (Å²) in [6, 6.07) is 5.69. The first-order chi connectivity index (χ1) is 7.33. The van der Waals surface area contributed by atoms with Crippen LogP contribution in [0.2, 0.25) is 0 Å². The van der Waals surface area contributed by atoms with Gasteiger partial charge in [-0.2, -0.15) is 0 Å². The van der Waals surface area contributed by atoms with Gasteiger partial charge in [-0.1, -0.05) is 12.1 Å². The summed E-state index contributed by atoms with van der Waals surface area (Å²) in [5, 5.41) is 8.40. The van der Waals surface area contributed by atoms with Gasteiger partial charge >= 0.3 is 5.97 Å². The molecule has 0 spiro atoms. The molecule has 1 N–H and O–H groups in total. The third-order valence-electron chi connectivity index (χ3n) is 2.16. The number of carbonyl (C=O) groups is 1. The highest BCUT2D eigenvalue weighted by atomic mass is 19.3. The van der Waals surface area contributed by atoms with E-state index in [9.17, 15) is 13.6 Å². The predicted molar refractivity (Wildman–Crippen MR) is 56.9 cm³/mol. The van der Waals surface area contributed by atoms with Gasteiger partial charge in [-0.15, -0.1) is 0 Å². The summed E-state index contributed by atoms with van der Waals surface area (Å²) in [5.41, 5.74) is 0.337. The Hall–Kier alpha value is -1.65. The second-order valence-electron chi connectivity index (χ2n) is 3.72. The minimum absolute atomic E-state index is 0.277. The molecule has 0 saturated carbocycles. The van der Waals surface area contributed by atoms with E-state index >= 15 is 0 Å². The highest BCUT2D eigenvalue weighted by molar-refractivity contribution is 5.68. The van der Waals surface area contributed by atoms with Crippen molar-refractivity contribution in [3.05, 3.63) is 29.8 Å². The molecule has 3 nitrogen and oxygen atoms in total. The molecule has 1 aromatic carbocycles. The summed E-state index contributed by atoms with van der Waals surface area (Å²) in [6.45, 7) is 0. The van der Waals surface area contributed by atoms with E-state index in [2.05, 4.69) is 0 Å². The van der Waals surface area contributed by atoms with E-state index in [1.54, 1.807) is 25.1 Å². The van der Waals surface area contributed by atoms with E-state index in [4.69, 9.17) is 5.11 Å². The number of rotatable bonds is 4. The number of hydrogen-bond acceptors (Lipinski definition) is 2. The fraction of sp³-hybridized carbons (Fsp3) is 0.364. The molecule has 0 amide bonds. The van der Waals surface area contributed by atoms with E-state index in [0.717, 1.165) is 0 Å². The summed E-state index contributed by atoms with van der Waals surface area (Å²) >= 11 is 0. The molecule has 0 saturated heterocycles. The maximum Gasteiger partial charge on any atom is 0.309 e. The van der Waals surface area contributed by atoms with Crippen LogP contribution in [0.1, 0.15) is 12.0 Å². The maximum atomic E-state index is 13.5. The minimum Gasteiger partial charge on any atom is -0.481 e. The number of nitrogens with zero attached hydrogens (tertiary/aromatic N) is 1. The Morgan fingerprint density at radius 2 is 2.06 bits per heavy atom. The molecular weight excluding hydrogens is 216 g/mol. The topological polar surface area (TPSA) is 40.5 Å². The molecule has 0 bridgehead atoms. The van der Waals surface area contributed by atoms with Crippen LogP contribution in [0.15, 0.2) is 24.3 Å². The summed E-state index contributed by atoms with van der Waals surface area (Å²) in [5.74, 6) is -4.85. The zero-order valence-electron chi connectivity index (χ0n) is 9.08. The molecule has 0 unspecified atom stereocenters. The first-order valence-electron chi connectivity index (χ1n) is 4.70. The number of halogens is 2. The van der Waals surface area contributed by atoms with Crippen molar-refractivity contribution in [2.24, 2.45) is 0 Å². The smallest absolute Gasteiger partial charge is 0.309 e. The number of carboxylic acid groups (broad SMARTS) is 1. The zero-order chi connectivity index (χ0) is 12.3. The normalized spacial score (nSPS) is 11.2. The quantitative estimate of drug-likeness (QED) is 0.861. The molecule has 88 valence electrons. The van der Waals surface area contributed by atoms with E-state index < -0.39 is 18.3 Å². The van der Waals surface area contributed by atoms with Crippen LogP contribution in [0.3, 0.4) is 0 Å². The van der Waals surface area contributed by atoms with Crippen LogP contribution in [-0.2, 0) is 10.7 Å². The van der Waals surface area contributed by atoms with E-state index in [0.29, 0.717) is 5.69 Å². The van der Waals surface area contributed by atoms with Crippen molar-refractivity contribution in [2.75, 3.05) is 19.0 Å². The van der Waals surface area contributed by atoms with Gasteiger partial charge in [0.2, 0.25) is 0 Å². The van der Waals surface area contributed by atoms with E-state index in [1.165, 1.54) is 18.2 Å².